The molecule has 0 bridgehead atoms. The molecule has 0 saturated heterocycles. The second kappa shape index (κ2) is 5.56. The Balaban J connectivity index is 2.02. The van der Waals surface area contributed by atoms with Crippen molar-refractivity contribution in [2.45, 2.75) is 25.9 Å². The fourth-order valence-corrected chi connectivity index (χ4v) is 2.39. The molecule has 1 aromatic carbocycles. The van der Waals surface area contributed by atoms with Crippen LogP contribution in [0.5, 0.6) is 0 Å². The number of benzene rings is 1. The fourth-order valence-electron chi connectivity index (χ4n) is 2.20. The number of carbonyl (C=O) groups excluding carboxylic acids is 1. The summed E-state index contributed by atoms with van der Waals surface area (Å²) in [7, 11) is 0. The number of nitrogens with one attached hydrogen (secondary N) is 1. The summed E-state index contributed by atoms with van der Waals surface area (Å²) >= 11 is 6.03. The van der Waals surface area contributed by atoms with Crippen LogP contribution in [0.2, 0.25) is 5.02 Å². The minimum absolute atomic E-state index is 0.0318. The van der Waals surface area contributed by atoms with Gasteiger partial charge in [-0.25, -0.2) is 4.68 Å². The predicted octanol–water partition coefficient (Wildman–Crippen LogP) is 4.20. The van der Waals surface area contributed by atoms with Crippen molar-refractivity contribution in [2.75, 3.05) is 5.32 Å². The molecule has 1 amide bonds. The normalized spacial score (nSPS) is 14.8. The van der Waals surface area contributed by atoms with Gasteiger partial charge in [-0.15, -0.1) is 0 Å². The average Bonchev–Trinajstić information content (AvgIpc) is 3.23. The third kappa shape index (κ3) is 3.34. The van der Waals surface area contributed by atoms with Gasteiger partial charge in [0.2, 0.25) is 5.91 Å². The smallest absolute Gasteiger partial charge is 0.310 e. The highest BCUT2D eigenvalue weighted by Crippen LogP contribution is 2.35. The first kappa shape index (κ1) is 15.9. The van der Waals surface area contributed by atoms with Crippen LogP contribution in [0.3, 0.4) is 0 Å². The van der Waals surface area contributed by atoms with Gasteiger partial charge < -0.3 is 5.32 Å². The molecule has 23 heavy (non-hydrogen) atoms. The van der Waals surface area contributed by atoms with E-state index in [2.05, 4.69) is 10.4 Å². The number of amides is 1. The summed E-state index contributed by atoms with van der Waals surface area (Å²) in [6.07, 6.45) is -2.84. The van der Waals surface area contributed by atoms with Crippen molar-refractivity contribution in [1.82, 2.24) is 9.78 Å². The van der Waals surface area contributed by atoms with Gasteiger partial charge in [0.05, 0.1) is 22.0 Å². The van der Waals surface area contributed by atoms with E-state index in [-0.39, 0.29) is 22.5 Å². The zero-order chi connectivity index (χ0) is 16.8. The molecule has 1 heterocycles. The van der Waals surface area contributed by atoms with E-state index in [1.54, 1.807) is 13.0 Å². The average molecular weight is 344 g/mol. The molecule has 1 aliphatic carbocycles. The number of aryl methyl sites for hydroxylation is 1. The van der Waals surface area contributed by atoms with Gasteiger partial charge in [-0.2, -0.15) is 18.3 Å². The van der Waals surface area contributed by atoms with Crippen molar-refractivity contribution in [3.05, 3.63) is 40.5 Å². The van der Waals surface area contributed by atoms with Crippen LogP contribution < -0.4 is 5.32 Å². The predicted molar refractivity (Wildman–Crippen MR) is 79.7 cm³/mol. The van der Waals surface area contributed by atoms with Crippen LogP contribution in [0, 0.1) is 12.8 Å². The maximum Gasteiger partial charge on any atom is 0.416 e. The maximum atomic E-state index is 12.9. The molecule has 1 aliphatic rings. The van der Waals surface area contributed by atoms with Gasteiger partial charge in [0, 0.05) is 12.0 Å². The van der Waals surface area contributed by atoms with Crippen LogP contribution in [-0.4, -0.2) is 15.7 Å². The first-order valence-corrected chi connectivity index (χ1v) is 7.38. The molecule has 1 fully saturated rings. The summed E-state index contributed by atoms with van der Waals surface area (Å²) < 4.78 is 39.9. The number of carbonyl (C=O) groups is 1. The second-order valence-electron chi connectivity index (χ2n) is 5.51. The highest BCUT2D eigenvalue weighted by Gasteiger charge is 2.32. The van der Waals surface area contributed by atoms with E-state index in [1.165, 1.54) is 10.7 Å². The quantitative estimate of drug-likeness (QED) is 0.907. The van der Waals surface area contributed by atoms with Crippen molar-refractivity contribution in [3.63, 3.8) is 0 Å². The van der Waals surface area contributed by atoms with Crippen LogP contribution in [-0.2, 0) is 11.0 Å². The Hall–Kier alpha value is -2.02. The molecule has 0 radical (unpaired) electrons. The first-order valence-electron chi connectivity index (χ1n) is 7.00. The van der Waals surface area contributed by atoms with E-state index in [0.717, 1.165) is 25.0 Å². The lowest BCUT2D eigenvalue weighted by Gasteiger charge is -2.13. The van der Waals surface area contributed by atoms with Gasteiger partial charge in [-0.3, -0.25) is 4.79 Å². The summed E-state index contributed by atoms with van der Waals surface area (Å²) in [5, 5.41) is 6.96. The van der Waals surface area contributed by atoms with Crippen LogP contribution in [0.1, 0.15) is 24.1 Å². The van der Waals surface area contributed by atoms with Crippen molar-refractivity contribution in [1.29, 1.82) is 0 Å². The highest BCUT2D eigenvalue weighted by molar-refractivity contribution is 6.32. The van der Waals surface area contributed by atoms with Crippen molar-refractivity contribution >= 4 is 23.3 Å². The second-order valence-corrected chi connectivity index (χ2v) is 5.92. The van der Waals surface area contributed by atoms with E-state index in [0.29, 0.717) is 11.5 Å². The molecule has 0 aliphatic heterocycles. The summed E-state index contributed by atoms with van der Waals surface area (Å²) in [6.45, 7) is 1.69. The van der Waals surface area contributed by atoms with Crippen LogP contribution in [0.25, 0.3) is 5.69 Å². The number of aromatic nitrogens is 2. The number of alkyl halides is 3. The van der Waals surface area contributed by atoms with E-state index >= 15 is 0 Å². The molecule has 3 rings (SSSR count). The molecule has 0 spiro atoms. The SMILES string of the molecule is Cc1cc(NC(=O)C2CC2)n(-c2cc(C(F)(F)F)ccc2Cl)n1. The standard InChI is InChI=1S/C15H13ClF3N3O/c1-8-6-13(20-14(23)9-2-3-9)22(21-8)12-7-10(15(17,18)19)4-5-11(12)16/h4-7,9H,2-3H2,1H3,(H,20,23). The molecule has 1 saturated carbocycles. The van der Waals surface area contributed by atoms with Crippen molar-refractivity contribution in [2.24, 2.45) is 5.92 Å². The number of nitrogens with zero attached hydrogens (tertiary/aromatic N) is 2. The molecule has 4 nitrogen and oxygen atoms in total. The highest BCUT2D eigenvalue weighted by atomic mass is 35.5. The largest absolute Gasteiger partial charge is 0.416 e. The molecular formula is C15H13ClF3N3O. The Kier molecular flexibility index (Phi) is 3.83. The van der Waals surface area contributed by atoms with Crippen LogP contribution in [0.15, 0.2) is 24.3 Å². The van der Waals surface area contributed by atoms with E-state index in [9.17, 15) is 18.0 Å². The molecule has 2 aromatic rings. The van der Waals surface area contributed by atoms with Crippen molar-refractivity contribution < 1.29 is 18.0 Å². The number of rotatable bonds is 3. The number of halogens is 4. The summed E-state index contributed by atoms with van der Waals surface area (Å²) in [5.41, 5.74) is -0.199. The first-order chi connectivity index (χ1) is 10.8. The third-order valence-electron chi connectivity index (χ3n) is 3.53. The van der Waals surface area contributed by atoms with Gasteiger partial charge in [-0.1, -0.05) is 11.6 Å². The lowest BCUT2D eigenvalue weighted by molar-refractivity contribution is -0.137. The Morgan fingerprint density at radius 2 is 2.04 bits per heavy atom. The minimum atomic E-state index is -4.49. The van der Waals surface area contributed by atoms with Gasteiger partial charge in [0.25, 0.3) is 0 Å². The van der Waals surface area contributed by atoms with Gasteiger partial charge >= 0.3 is 6.18 Å². The van der Waals surface area contributed by atoms with Crippen LogP contribution >= 0.6 is 11.6 Å². The molecule has 0 atom stereocenters. The van der Waals surface area contributed by atoms with Crippen molar-refractivity contribution in [3.8, 4) is 5.69 Å². The van der Waals surface area contributed by atoms with Gasteiger partial charge in [-0.05, 0) is 38.0 Å². The molecular weight excluding hydrogens is 331 g/mol. The Bertz CT molecular complexity index is 766. The Morgan fingerprint density at radius 1 is 1.35 bits per heavy atom. The van der Waals surface area contributed by atoms with E-state index in [1.807, 2.05) is 0 Å². The molecule has 8 heteroatoms. The Morgan fingerprint density at radius 3 is 2.65 bits per heavy atom. The van der Waals surface area contributed by atoms with Gasteiger partial charge in [0.1, 0.15) is 5.82 Å². The summed E-state index contributed by atoms with van der Waals surface area (Å²) in [6, 6.07) is 4.59. The number of hydrogen-bond donors (Lipinski definition) is 1. The van der Waals surface area contributed by atoms with Gasteiger partial charge in [0.15, 0.2) is 0 Å². The number of hydrogen-bond acceptors (Lipinski definition) is 2. The zero-order valence-electron chi connectivity index (χ0n) is 12.1. The van der Waals surface area contributed by atoms with E-state index in [4.69, 9.17) is 11.6 Å². The lowest BCUT2D eigenvalue weighted by Crippen LogP contribution is -2.17. The molecule has 122 valence electrons. The number of anilines is 1. The topological polar surface area (TPSA) is 46.9 Å². The van der Waals surface area contributed by atoms with E-state index < -0.39 is 11.7 Å². The lowest BCUT2D eigenvalue weighted by atomic mass is 10.2. The monoisotopic (exact) mass is 343 g/mol. The summed E-state index contributed by atoms with van der Waals surface area (Å²) in [4.78, 5) is 11.9. The molecule has 1 N–H and O–H groups in total. The zero-order valence-corrected chi connectivity index (χ0v) is 12.9. The third-order valence-corrected chi connectivity index (χ3v) is 3.85. The fraction of sp³-hybridized carbons (Fsp3) is 0.333. The molecule has 1 aromatic heterocycles. The maximum absolute atomic E-state index is 12.9. The Labute approximate surface area is 135 Å². The summed E-state index contributed by atoms with van der Waals surface area (Å²) in [5.74, 6) is 0.116. The molecule has 0 unspecified atom stereocenters. The minimum Gasteiger partial charge on any atom is -0.310 e. The van der Waals surface area contributed by atoms with Crippen LogP contribution in [0.4, 0.5) is 19.0 Å².